The first-order valence-corrected chi connectivity index (χ1v) is 12.4. The Morgan fingerprint density at radius 3 is 2.56 bits per heavy atom. The molecule has 27 heavy (non-hydrogen) atoms. The van der Waals surface area contributed by atoms with Gasteiger partial charge in [0.25, 0.3) is 0 Å². The summed E-state index contributed by atoms with van der Waals surface area (Å²) in [5.74, 6) is 0. The van der Waals surface area contributed by atoms with Crippen molar-refractivity contribution < 1.29 is 21.6 Å². The highest BCUT2D eigenvalue weighted by Gasteiger charge is 2.40. The highest BCUT2D eigenvalue weighted by Crippen LogP contribution is 2.31. The third kappa shape index (κ3) is 4.46. The van der Waals surface area contributed by atoms with Crippen LogP contribution in [0.4, 0.5) is 0 Å². The summed E-state index contributed by atoms with van der Waals surface area (Å²) in [7, 11) is -5.62. The standard InChI is InChI=1S/C15H22N4O5S3/c1-24-11-8-15(18-26(2,20)21)6-9-19(10-7-15)27(22,23)13-5-3-4-12-14(13)17-25-16-12/h3-5,18H,6-11H2,1-2H3. The molecule has 1 fully saturated rings. The van der Waals surface area contributed by atoms with Crippen LogP contribution in [0.3, 0.4) is 0 Å². The average molecular weight is 435 g/mol. The zero-order chi connectivity index (χ0) is 19.7. The van der Waals surface area contributed by atoms with Crippen LogP contribution in [0.5, 0.6) is 0 Å². The van der Waals surface area contributed by atoms with E-state index in [4.69, 9.17) is 4.74 Å². The van der Waals surface area contributed by atoms with Crippen LogP contribution in [-0.2, 0) is 24.8 Å². The first-order valence-electron chi connectivity index (χ1n) is 8.36. The van der Waals surface area contributed by atoms with Gasteiger partial charge in [-0.2, -0.15) is 13.1 Å². The Morgan fingerprint density at radius 2 is 1.93 bits per heavy atom. The van der Waals surface area contributed by atoms with E-state index in [0.29, 0.717) is 36.9 Å². The zero-order valence-corrected chi connectivity index (χ0v) is 17.5. The van der Waals surface area contributed by atoms with Crippen LogP contribution in [0.25, 0.3) is 11.0 Å². The molecule has 0 amide bonds. The molecule has 1 aromatic heterocycles. The van der Waals surface area contributed by atoms with Crippen LogP contribution in [0.1, 0.15) is 19.3 Å². The van der Waals surface area contributed by atoms with Gasteiger partial charge in [-0.05, 0) is 31.4 Å². The smallest absolute Gasteiger partial charge is 0.245 e. The van der Waals surface area contributed by atoms with Gasteiger partial charge < -0.3 is 4.74 Å². The van der Waals surface area contributed by atoms with Gasteiger partial charge in [0.05, 0.1) is 18.0 Å². The summed E-state index contributed by atoms with van der Waals surface area (Å²) in [6.07, 6.45) is 2.33. The normalized spacial score (nSPS) is 18.7. The number of hydrogen-bond donors (Lipinski definition) is 1. The molecule has 1 N–H and O–H groups in total. The van der Waals surface area contributed by atoms with E-state index in [-0.39, 0.29) is 18.0 Å². The fraction of sp³-hybridized carbons (Fsp3) is 0.600. The minimum Gasteiger partial charge on any atom is -0.385 e. The molecule has 1 aliphatic heterocycles. The van der Waals surface area contributed by atoms with Crippen molar-refractivity contribution in [2.75, 3.05) is 33.1 Å². The van der Waals surface area contributed by atoms with Crippen LogP contribution in [0, 0.1) is 0 Å². The van der Waals surface area contributed by atoms with Crippen molar-refractivity contribution in [3.8, 4) is 0 Å². The Balaban J connectivity index is 1.83. The molecule has 0 radical (unpaired) electrons. The van der Waals surface area contributed by atoms with Crippen molar-refractivity contribution in [1.29, 1.82) is 0 Å². The fourth-order valence-corrected chi connectivity index (χ4v) is 6.66. The maximum absolute atomic E-state index is 13.1. The molecule has 12 heteroatoms. The van der Waals surface area contributed by atoms with E-state index < -0.39 is 25.6 Å². The number of piperidine rings is 1. The van der Waals surface area contributed by atoms with E-state index in [1.807, 2.05) is 0 Å². The monoisotopic (exact) mass is 434 g/mol. The predicted molar refractivity (Wildman–Crippen MR) is 103 cm³/mol. The Hall–Kier alpha value is -1.18. The molecule has 2 heterocycles. The Kier molecular flexibility index (Phi) is 5.85. The summed E-state index contributed by atoms with van der Waals surface area (Å²) in [5.41, 5.74) is 0.211. The lowest BCUT2D eigenvalue weighted by Gasteiger charge is -2.41. The second-order valence-corrected chi connectivity index (χ2v) is 10.9. The summed E-state index contributed by atoms with van der Waals surface area (Å²) in [6, 6.07) is 4.90. The summed E-state index contributed by atoms with van der Waals surface area (Å²) in [4.78, 5) is 0.134. The van der Waals surface area contributed by atoms with E-state index >= 15 is 0 Å². The zero-order valence-electron chi connectivity index (χ0n) is 15.1. The molecule has 0 bridgehead atoms. The summed E-state index contributed by atoms with van der Waals surface area (Å²) in [6.45, 7) is 0.810. The van der Waals surface area contributed by atoms with E-state index in [9.17, 15) is 16.8 Å². The summed E-state index contributed by atoms with van der Waals surface area (Å²) >= 11 is 0.971. The van der Waals surface area contributed by atoms with E-state index in [1.54, 1.807) is 19.2 Å². The van der Waals surface area contributed by atoms with Gasteiger partial charge in [-0.15, -0.1) is 0 Å². The number of rotatable bonds is 7. The Morgan fingerprint density at radius 1 is 1.22 bits per heavy atom. The number of aromatic nitrogens is 2. The van der Waals surface area contributed by atoms with Crippen molar-refractivity contribution in [3.05, 3.63) is 18.2 Å². The molecule has 0 spiro atoms. The minimum absolute atomic E-state index is 0.134. The fourth-order valence-electron chi connectivity index (χ4n) is 3.38. The molecule has 0 saturated carbocycles. The number of ether oxygens (including phenoxy) is 1. The molecule has 0 aliphatic carbocycles. The molecule has 9 nitrogen and oxygen atoms in total. The van der Waals surface area contributed by atoms with E-state index in [2.05, 4.69) is 13.5 Å². The van der Waals surface area contributed by atoms with Crippen LogP contribution < -0.4 is 4.72 Å². The second-order valence-electron chi connectivity index (χ2n) is 6.69. The van der Waals surface area contributed by atoms with Gasteiger partial charge in [0.15, 0.2) is 0 Å². The first-order chi connectivity index (χ1) is 12.7. The lowest BCUT2D eigenvalue weighted by molar-refractivity contribution is 0.132. The number of benzene rings is 1. The van der Waals surface area contributed by atoms with E-state index in [1.165, 1.54) is 10.4 Å². The van der Waals surface area contributed by atoms with Crippen LogP contribution in [0.15, 0.2) is 23.1 Å². The van der Waals surface area contributed by atoms with Gasteiger partial charge in [0.1, 0.15) is 15.9 Å². The number of fused-ring (bicyclic) bond motifs is 1. The molecule has 150 valence electrons. The topological polar surface area (TPSA) is 119 Å². The van der Waals surface area contributed by atoms with Crippen molar-refractivity contribution in [2.45, 2.75) is 29.7 Å². The molecular formula is C15H22N4O5S3. The third-order valence-electron chi connectivity index (χ3n) is 4.73. The second kappa shape index (κ2) is 7.68. The summed E-state index contributed by atoms with van der Waals surface area (Å²) < 4.78 is 67.2. The Labute approximate surface area is 163 Å². The van der Waals surface area contributed by atoms with Crippen molar-refractivity contribution in [1.82, 2.24) is 17.8 Å². The SMILES string of the molecule is COCCC1(NS(C)(=O)=O)CCN(S(=O)(=O)c2cccc3nsnc23)CC1. The van der Waals surface area contributed by atoms with Gasteiger partial charge in [-0.25, -0.2) is 21.6 Å². The average Bonchev–Trinajstić information content (AvgIpc) is 3.07. The lowest BCUT2D eigenvalue weighted by atomic mass is 9.86. The molecule has 1 aliphatic rings. The largest absolute Gasteiger partial charge is 0.385 e. The first kappa shape index (κ1) is 20.6. The maximum atomic E-state index is 13.1. The molecule has 0 unspecified atom stereocenters. The van der Waals surface area contributed by atoms with Gasteiger partial charge in [0, 0.05) is 32.3 Å². The Bertz CT molecular complexity index is 1010. The maximum Gasteiger partial charge on any atom is 0.245 e. The minimum atomic E-state index is -3.74. The highest BCUT2D eigenvalue weighted by atomic mass is 32.2. The number of methoxy groups -OCH3 is 1. The molecular weight excluding hydrogens is 412 g/mol. The van der Waals surface area contributed by atoms with Crippen molar-refractivity contribution >= 4 is 42.8 Å². The van der Waals surface area contributed by atoms with Gasteiger partial charge in [0.2, 0.25) is 20.0 Å². The van der Waals surface area contributed by atoms with Crippen LogP contribution in [0.2, 0.25) is 0 Å². The highest BCUT2D eigenvalue weighted by molar-refractivity contribution is 7.89. The molecule has 1 saturated heterocycles. The lowest BCUT2D eigenvalue weighted by Crippen LogP contribution is -2.56. The van der Waals surface area contributed by atoms with E-state index in [0.717, 1.165) is 18.0 Å². The quantitative estimate of drug-likeness (QED) is 0.685. The van der Waals surface area contributed by atoms with Crippen molar-refractivity contribution in [2.24, 2.45) is 0 Å². The van der Waals surface area contributed by atoms with Crippen molar-refractivity contribution in [3.63, 3.8) is 0 Å². The summed E-state index contributed by atoms with van der Waals surface area (Å²) in [5, 5.41) is 0. The van der Waals surface area contributed by atoms with Gasteiger partial charge in [-0.3, -0.25) is 0 Å². The number of sulfonamides is 2. The van der Waals surface area contributed by atoms with Crippen LogP contribution >= 0.6 is 11.7 Å². The number of nitrogens with zero attached hydrogens (tertiary/aromatic N) is 3. The van der Waals surface area contributed by atoms with Gasteiger partial charge in [-0.1, -0.05) is 6.07 Å². The predicted octanol–water partition coefficient (Wildman–Crippen LogP) is 0.800. The van der Waals surface area contributed by atoms with Gasteiger partial charge >= 0.3 is 0 Å². The number of nitrogens with one attached hydrogen (secondary N) is 1. The van der Waals surface area contributed by atoms with Crippen LogP contribution in [-0.4, -0.2) is 68.5 Å². The molecule has 1 aromatic carbocycles. The number of hydrogen-bond acceptors (Lipinski definition) is 8. The molecule has 0 atom stereocenters. The molecule has 3 rings (SSSR count). The third-order valence-corrected chi connectivity index (χ3v) is 8.01. The molecule has 2 aromatic rings.